The van der Waals surface area contributed by atoms with Crippen molar-refractivity contribution in [2.45, 2.75) is 0 Å². The number of carbonyl (C=O) groups is 3. The number of imide groups is 1. The van der Waals surface area contributed by atoms with Gasteiger partial charge in [0.1, 0.15) is 11.4 Å². The van der Waals surface area contributed by atoms with Gasteiger partial charge in [-0.05, 0) is 30.3 Å². The molecule has 138 valence electrons. The summed E-state index contributed by atoms with van der Waals surface area (Å²) in [5.74, 6) is -0.682. The van der Waals surface area contributed by atoms with Crippen LogP contribution in [0.3, 0.4) is 0 Å². The quantitative estimate of drug-likeness (QED) is 0.485. The van der Waals surface area contributed by atoms with Gasteiger partial charge in [-0.1, -0.05) is 35.9 Å². The summed E-state index contributed by atoms with van der Waals surface area (Å²) in [6, 6.07) is 12.7. The number of esters is 1. The van der Waals surface area contributed by atoms with E-state index in [9.17, 15) is 14.4 Å². The molecular formula is C19H15ClN2O5. The minimum absolute atomic E-state index is 0.0779. The van der Waals surface area contributed by atoms with Crippen LogP contribution in [0.1, 0.15) is 5.56 Å². The van der Waals surface area contributed by atoms with Crippen molar-refractivity contribution < 1.29 is 23.9 Å². The number of urea groups is 1. The van der Waals surface area contributed by atoms with Crippen molar-refractivity contribution in [3.63, 3.8) is 0 Å². The van der Waals surface area contributed by atoms with E-state index in [-0.39, 0.29) is 12.3 Å². The number of methoxy groups -OCH3 is 1. The van der Waals surface area contributed by atoms with Crippen molar-refractivity contribution in [2.24, 2.45) is 0 Å². The third kappa shape index (κ3) is 4.09. The molecule has 0 aliphatic carbocycles. The summed E-state index contributed by atoms with van der Waals surface area (Å²) in [6.45, 7) is -0.272. The van der Waals surface area contributed by atoms with Crippen LogP contribution >= 0.6 is 11.6 Å². The monoisotopic (exact) mass is 386 g/mol. The van der Waals surface area contributed by atoms with E-state index in [0.29, 0.717) is 22.0 Å². The second-order valence-electron chi connectivity index (χ2n) is 5.51. The fraction of sp³-hybridized carbons (Fsp3) is 0.105. The highest BCUT2D eigenvalue weighted by Crippen LogP contribution is 2.27. The van der Waals surface area contributed by atoms with E-state index >= 15 is 0 Å². The van der Waals surface area contributed by atoms with E-state index in [0.717, 1.165) is 4.90 Å². The van der Waals surface area contributed by atoms with Crippen molar-refractivity contribution in [1.82, 2.24) is 5.32 Å². The lowest BCUT2D eigenvalue weighted by Crippen LogP contribution is -2.30. The molecule has 3 rings (SSSR count). The van der Waals surface area contributed by atoms with Crippen LogP contribution in [0.5, 0.6) is 5.75 Å². The molecule has 27 heavy (non-hydrogen) atoms. The average Bonchev–Trinajstić information content (AvgIpc) is 2.94. The number of halogens is 1. The molecule has 1 aliphatic heterocycles. The lowest BCUT2D eigenvalue weighted by atomic mass is 10.1. The molecule has 1 fully saturated rings. The molecule has 0 atom stereocenters. The van der Waals surface area contributed by atoms with Crippen LogP contribution in [-0.2, 0) is 14.3 Å². The maximum atomic E-state index is 12.7. The molecule has 2 aromatic rings. The molecule has 0 radical (unpaired) electrons. The predicted molar refractivity (Wildman–Crippen MR) is 99.4 cm³/mol. The first kappa shape index (κ1) is 18.5. The Bertz CT molecular complexity index is 941. The standard InChI is InChI=1S/C19H15ClN2O5/c1-26-17(23)11-27-16-8-3-2-5-12(16)9-15-18(24)22(19(25)21-15)14-7-4-6-13(20)10-14/h2-10H,11H2,1H3,(H,21,25)/b15-9+. The average molecular weight is 387 g/mol. The Labute approximate surface area is 160 Å². The molecule has 0 aromatic heterocycles. The first-order valence-electron chi connectivity index (χ1n) is 7.91. The summed E-state index contributed by atoms with van der Waals surface area (Å²) < 4.78 is 9.96. The van der Waals surface area contributed by atoms with Crippen LogP contribution in [0.4, 0.5) is 10.5 Å². The van der Waals surface area contributed by atoms with Gasteiger partial charge < -0.3 is 14.8 Å². The van der Waals surface area contributed by atoms with Gasteiger partial charge in [0, 0.05) is 10.6 Å². The second kappa shape index (κ2) is 7.92. The SMILES string of the molecule is COC(=O)COc1ccccc1/C=C1/NC(=O)N(c2cccc(Cl)c2)C1=O. The predicted octanol–water partition coefficient (Wildman–Crippen LogP) is 2.99. The van der Waals surface area contributed by atoms with E-state index in [4.69, 9.17) is 16.3 Å². The highest BCUT2D eigenvalue weighted by Gasteiger charge is 2.35. The van der Waals surface area contributed by atoms with E-state index in [1.54, 1.807) is 42.5 Å². The summed E-state index contributed by atoms with van der Waals surface area (Å²) in [7, 11) is 1.26. The normalized spacial score (nSPS) is 15.0. The van der Waals surface area contributed by atoms with Gasteiger partial charge in [-0.3, -0.25) is 4.79 Å². The summed E-state index contributed by atoms with van der Waals surface area (Å²) >= 11 is 5.94. The fourth-order valence-corrected chi connectivity index (χ4v) is 2.65. The van der Waals surface area contributed by atoms with Gasteiger partial charge in [0.25, 0.3) is 5.91 Å². The summed E-state index contributed by atoms with van der Waals surface area (Å²) in [5, 5.41) is 2.94. The minimum Gasteiger partial charge on any atom is -0.481 e. The Morgan fingerprint density at radius 3 is 2.70 bits per heavy atom. The number of benzene rings is 2. The molecular weight excluding hydrogens is 372 g/mol. The number of para-hydroxylation sites is 1. The number of amides is 3. The smallest absolute Gasteiger partial charge is 0.343 e. The number of hydrogen-bond donors (Lipinski definition) is 1. The first-order valence-corrected chi connectivity index (χ1v) is 8.28. The molecule has 8 heteroatoms. The van der Waals surface area contributed by atoms with Crippen molar-refractivity contribution in [3.8, 4) is 5.75 Å². The maximum Gasteiger partial charge on any atom is 0.343 e. The number of nitrogens with one attached hydrogen (secondary N) is 1. The number of rotatable bonds is 5. The zero-order valence-electron chi connectivity index (χ0n) is 14.3. The molecule has 7 nitrogen and oxygen atoms in total. The topological polar surface area (TPSA) is 84.9 Å². The van der Waals surface area contributed by atoms with Gasteiger partial charge in [-0.25, -0.2) is 14.5 Å². The third-order valence-electron chi connectivity index (χ3n) is 3.74. The van der Waals surface area contributed by atoms with Gasteiger partial charge in [0.2, 0.25) is 0 Å². The highest BCUT2D eigenvalue weighted by atomic mass is 35.5. The van der Waals surface area contributed by atoms with Crippen LogP contribution in [0, 0.1) is 0 Å². The Morgan fingerprint density at radius 1 is 1.19 bits per heavy atom. The molecule has 2 aromatic carbocycles. The number of ether oxygens (including phenoxy) is 2. The van der Waals surface area contributed by atoms with Gasteiger partial charge in [0.05, 0.1) is 12.8 Å². The molecule has 1 heterocycles. The molecule has 0 bridgehead atoms. The van der Waals surface area contributed by atoms with Gasteiger partial charge in [0.15, 0.2) is 6.61 Å². The number of carbonyl (C=O) groups excluding carboxylic acids is 3. The lowest BCUT2D eigenvalue weighted by molar-refractivity contribution is -0.142. The number of anilines is 1. The lowest BCUT2D eigenvalue weighted by Gasteiger charge is -2.11. The Balaban J connectivity index is 1.87. The molecule has 1 saturated heterocycles. The molecule has 1 N–H and O–H groups in total. The highest BCUT2D eigenvalue weighted by molar-refractivity contribution is 6.32. The van der Waals surface area contributed by atoms with Crippen LogP contribution in [0.2, 0.25) is 5.02 Å². The Kier molecular flexibility index (Phi) is 5.42. The second-order valence-corrected chi connectivity index (χ2v) is 5.95. The van der Waals surface area contributed by atoms with Crippen molar-refractivity contribution in [3.05, 3.63) is 64.8 Å². The minimum atomic E-state index is -0.582. The number of hydrogen-bond acceptors (Lipinski definition) is 5. The fourth-order valence-electron chi connectivity index (χ4n) is 2.47. The van der Waals surface area contributed by atoms with Crippen LogP contribution < -0.4 is 15.0 Å². The third-order valence-corrected chi connectivity index (χ3v) is 3.97. The van der Waals surface area contributed by atoms with Crippen molar-refractivity contribution in [1.29, 1.82) is 0 Å². The maximum absolute atomic E-state index is 12.7. The van der Waals surface area contributed by atoms with Gasteiger partial charge >= 0.3 is 12.0 Å². The zero-order valence-corrected chi connectivity index (χ0v) is 15.0. The molecule has 0 spiro atoms. The largest absolute Gasteiger partial charge is 0.481 e. The van der Waals surface area contributed by atoms with Crippen LogP contribution in [0.25, 0.3) is 6.08 Å². The van der Waals surface area contributed by atoms with E-state index < -0.39 is 17.9 Å². The van der Waals surface area contributed by atoms with Gasteiger partial charge in [-0.2, -0.15) is 0 Å². The molecule has 0 unspecified atom stereocenters. The molecule has 0 saturated carbocycles. The summed E-state index contributed by atoms with van der Waals surface area (Å²) in [4.78, 5) is 37.2. The zero-order chi connectivity index (χ0) is 19.4. The number of nitrogens with zero attached hydrogens (tertiary/aromatic N) is 1. The van der Waals surface area contributed by atoms with Crippen molar-refractivity contribution >= 4 is 41.3 Å². The van der Waals surface area contributed by atoms with Gasteiger partial charge in [-0.15, -0.1) is 0 Å². The van der Waals surface area contributed by atoms with E-state index in [2.05, 4.69) is 10.1 Å². The molecule has 3 amide bonds. The first-order chi connectivity index (χ1) is 13.0. The summed E-state index contributed by atoms with van der Waals surface area (Å²) in [5.41, 5.74) is 0.968. The van der Waals surface area contributed by atoms with Crippen LogP contribution in [-0.4, -0.2) is 31.6 Å². The van der Waals surface area contributed by atoms with Crippen molar-refractivity contribution in [2.75, 3.05) is 18.6 Å². The van der Waals surface area contributed by atoms with Crippen LogP contribution in [0.15, 0.2) is 54.2 Å². The Hall–Kier alpha value is -3.32. The Morgan fingerprint density at radius 2 is 1.96 bits per heavy atom. The van der Waals surface area contributed by atoms with E-state index in [1.165, 1.54) is 19.3 Å². The molecule has 1 aliphatic rings. The summed E-state index contributed by atoms with van der Waals surface area (Å²) in [6.07, 6.45) is 1.48. The van der Waals surface area contributed by atoms with E-state index in [1.807, 2.05) is 0 Å².